The van der Waals surface area contributed by atoms with Crippen molar-refractivity contribution in [2.24, 2.45) is 0 Å². The van der Waals surface area contributed by atoms with E-state index >= 15 is 0 Å². The van der Waals surface area contributed by atoms with E-state index in [0.29, 0.717) is 28.9 Å². The Labute approximate surface area is 122 Å². The predicted octanol–water partition coefficient (Wildman–Crippen LogP) is 3.70. The van der Waals surface area contributed by atoms with Crippen molar-refractivity contribution in [2.75, 3.05) is 17.2 Å². The molecule has 1 aromatic heterocycles. The van der Waals surface area contributed by atoms with Crippen LogP contribution in [0.5, 0.6) is 0 Å². The molecular formula is C14H16ClFN4. The number of nitrogens with zero attached hydrogens (tertiary/aromatic N) is 2. The van der Waals surface area contributed by atoms with Crippen LogP contribution in [0.15, 0.2) is 30.5 Å². The molecular weight excluding hydrogens is 279 g/mol. The van der Waals surface area contributed by atoms with E-state index in [0.717, 1.165) is 13.0 Å². The quantitative estimate of drug-likeness (QED) is 0.853. The number of anilines is 2. The zero-order valence-corrected chi connectivity index (χ0v) is 11.9. The summed E-state index contributed by atoms with van der Waals surface area (Å²) in [5, 5.41) is 6.51. The maximum atomic E-state index is 13.5. The zero-order valence-electron chi connectivity index (χ0n) is 11.2. The standard InChI is InChI=1S/C14H16ClFN4/c1-2-7-17-14-19-9-11(15)13(20-14)18-8-10-5-3-4-6-12(10)16/h3-6,9H,2,7-8H2,1H3,(H2,17,18,19,20). The van der Waals surface area contributed by atoms with Gasteiger partial charge in [-0.15, -0.1) is 0 Å². The lowest BCUT2D eigenvalue weighted by molar-refractivity contribution is 0.613. The Balaban J connectivity index is 2.07. The van der Waals surface area contributed by atoms with Crippen LogP contribution in [0.25, 0.3) is 0 Å². The van der Waals surface area contributed by atoms with Gasteiger partial charge in [-0.05, 0) is 12.5 Å². The van der Waals surface area contributed by atoms with Crippen LogP contribution in [0.3, 0.4) is 0 Å². The highest BCUT2D eigenvalue weighted by Crippen LogP contribution is 2.20. The highest BCUT2D eigenvalue weighted by Gasteiger charge is 2.06. The molecule has 0 unspecified atom stereocenters. The van der Waals surface area contributed by atoms with E-state index in [1.807, 2.05) is 0 Å². The van der Waals surface area contributed by atoms with Gasteiger partial charge in [-0.25, -0.2) is 9.37 Å². The van der Waals surface area contributed by atoms with Crippen molar-refractivity contribution < 1.29 is 4.39 Å². The van der Waals surface area contributed by atoms with Crippen LogP contribution in [-0.2, 0) is 6.54 Å². The fourth-order valence-corrected chi connectivity index (χ4v) is 1.79. The Morgan fingerprint density at radius 3 is 2.80 bits per heavy atom. The van der Waals surface area contributed by atoms with E-state index in [4.69, 9.17) is 11.6 Å². The first-order valence-electron chi connectivity index (χ1n) is 6.44. The minimum atomic E-state index is -0.255. The van der Waals surface area contributed by atoms with E-state index in [9.17, 15) is 4.39 Å². The first-order valence-corrected chi connectivity index (χ1v) is 6.82. The summed E-state index contributed by atoms with van der Waals surface area (Å²) in [6.45, 7) is 3.16. The Hall–Kier alpha value is -1.88. The SMILES string of the molecule is CCCNc1ncc(Cl)c(NCc2ccccc2F)n1. The molecule has 1 heterocycles. The molecule has 0 bridgehead atoms. The van der Waals surface area contributed by atoms with Crippen LogP contribution in [0.1, 0.15) is 18.9 Å². The second kappa shape index (κ2) is 7.05. The van der Waals surface area contributed by atoms with Crippen LogP contribution in [-0.4, -0.2) is 16.5 Å². The first-order chi connectivity index (χ1) is 9.70. The lowest BCUT2D eigenvalue weighted by Gasteiger charge is -2.10. The Morgan fingerprint density at radius 2 is 2.05 bits per heavy atom. The molecule has 2 rings (SSSR count). The van der Waals surface area contributed by atoms with Crippen LogP contribution < -0.4 is 10.6 Å². The molecule has 0 aliphatic carbocycles. The first kappa shape index (κ1) is 14.5. The average Bonchev–Trinajstić information content (AvgIpc) is 2.46. The van der Waals surface area contributed by atoms with Gasteiger partial charge in [-0.1, -0.05) is 36.7 Å². The summed E-state index contributed by atoms with van der Waals surface area (Å²) < 4.78 is 13.5. The van der Waals surface area contributed by atoms with Crippen LogP contribution in [0, 0.1) is 5.82 Å². The maximum absolute atomic E-state index is 13.5. The summed E-state index contributed by atoms with van der Waals surface area (Å²) in [4.78, 5) is 8.35. The maximum Gasteiger partial charge on any atom is 0.224 e. The molecule has 6 heteroatoms. The summed E-state index contributed by atoms with van der Waals surface area (Å²) in [6, 6.07) is 6.58. The van der Waals surface area contributed by atoms with Gasteiger partial charge in [-0.2, -0.15) is 4.98 Å². The molecule has 0 atom stereocenters. The minimum absolute atomic E-state index is 0.255. The van der Waals surface area contributed by atoms with Crippen molar-refractivity contribution in [1.29, 1.82) is 0 Å². The molecule has 20 heavy (non-hydrogen) atoms. The summed E-state index contributed by atoms with van der Waals surface area (Å²) in [5.74, 6) is 0.741. The Kier molecular flexibility index (Phi) is 5.12. The van der Waals surface area contributed by atoms with Crippen molar-refractivity contribution in [3.8, 4) is 0 Å². The summed E-state index contributed by atoms with van der Waals surface area (Å²) in [5.41, 5.74) is 0.560. The third-order valence-corrected chi connectivity index (χ3v) is 2.96. The number of hydrogen-bond donors (Lipinski definition) is 2. The largest absolute Gasteiger partial charge is 0.364 e. The van der Waals surface area contributed by atoms with Crippen molar-refractivity contribution in [3.63, 3.8) is 0 Å². The van der Waals surface area contributed by atoms with E-state index in [2.05, 4.69) is 27.5 Å². The van der Waals surface area contributed by atoms with Gasteiger partial charge < -0.3 is 10.6 Å². The van der Waals surface area contributed by atoms with Crippen LogP contribution in [0.4, 0.5) is 16.2 Å². The number of halogens is 2. The smallest absolute Gasteiger partial charge is 0.224 e. The number of nitrogens with one attached hydrogen (secondary N) is 2. The van der Waals surface area contributed by atoms with Gasteiger partial charge in [0.05, 0.1) is 6.20 Å². The third kappa shape index (κ3) is 3.81. The van der Waals surface area contributed by atoms with Gasteiger partial charge in [0.1, 0.15) is 10.8 Å². The third-order valence-electron chi connectivity index (χ3n) is 2.68. The second-order valence-corrected chi connectivity index (χ2v) is 4.67. The average molecular weight is 295 g/mol. The molecule has 0 radical (unpaired) electrons. The molecule has 0 fully saturated rings. The number of benzene rings is 1. The highest BCUT2D eigenvalue weighted by molar-refractivity contribution is 6.32. The Morgan fingerprint density at radius 1 is 1.25 bits per heavy atom. The van der Waals surface area contributed by atoms with Crippen molar-refractivity contribution in [2.45, 2.75) is 19.9 Å². The normalized spacial score (nSPS) is 10.3. The number of hydrogen-bond acceptors (Lipinski definition) is 4. The van der Waals surface area contributed by atoms with Crippen LogP contribution in [0.2, 0.25) is 5.02 Å². The lowest BCUT2D eigenvalue weighted by Crippen LogP contribution is -2.08. The monoisotopic (exact) mass is 294 g/mol. The minimum Gasteiger partial charge on any atom is -0.364 e. The van der Waals surface area contributed by atoms with Gasteiger partial charge >= 0.3 is 0 Å². The van der Waals surface area contributed by atoms with Gasteiger partial charge in [0.25, 0.3) is 0 Å². The highest BCUT2D eigenvalue weighted by atomic mass is 35.5. The summed E-state index contributed by atoms with van der Waals surface area (Å²) in [7, 11) is 0. The second-order valence-electron chi connectivity index (χ2n) is 4.26. The summed E-state index contributed by atoms with van der Waals surface area (Å²) >= 11 is 6.03. The topological polar surface area (TPSA) is 49.8 Å². The molecule has 106 valence electrons. The van der Waals surface area contributed by atoms with E-state index in [-0.39, 0.29) is 5.82 Å². The molecule has 0 aliphatic heterocycles. The number of aromatic nitrogens is 2. The molecule has 4 nitrogen and oxygen atoms in total. The molecule has 0 saturated heterocycles. The zero-order chi connectivity index (χ0) is 14.4. The van der Waals surface area contributed by atoms with Crippen molar-refractivity contribution in [1.82, 2.24) is 9.97 Å². The predicted molar refractivity (Wildman–Crippen MR) is 79.5 cm³/mol. The molecule has 2 aromatic rings. The lowest BCUT2D eigenvalue weighted by atomic mass is 10.2. The molecule has 0 amide bonds. The van der Waals surface area contributed by atoms with Gasteiger partial charge in [-0.3, -0.25) is 0 Å². The van der Waals surface area contributed by atoms with E-state index < -0.39 is 0 Å². The van der Waals surface area contributed by atoms with Gasteiger partial charge in [0.2, 0.25) is 5.95 Å². The van der Waals surface area contributed by atoms with Crippen molar-refractivity contribution >= 4 is 23.4 Å². The molecule has 1 aromatic carbocycles. The molecule has 2 N–H and O–H groups in total. The van der Waals surface area contributed by atoms with Gasteiger partial charge in [0.15, 0.2) is 5.82 Å². The number of rotatable bonds is 6. The van der Waals surface area contributed by atoms with E-state index in [1.54, 1.807) is 18.2 Å². The van der Waals surface area contributed by atoms with E-state index in [1.165, 1.54) is 12.3 Å². The molecule has 0 spiro atoms. The molecule has 0 saturated carbocycles. The van der Waals surface area contributed by atoms with Crippen molar-refractivity contribution in [3.05, 3.63) is 46.9 Å². The van der Waals surface area contributed by atoms with Gasteiger partial charge in [0, 0.05) is 18.7 Å². The fourth-order valence-electron chi connectivity index (χ4n) is 1.63. The van der Waals surface area contributed by atoms with Crippen LogP contribution >= 0.6 is 11.6 Å². The molecule has 0 aliphatic rings. The summed E-state index contributed by atoms with van der Waals surface area (Å²) in [6.07, 6.45) is 2.50. The fraction of sp³-hybridized carbons (Fsp3) is 0.286. The Bertz CT molecular complexity index is 577.